The number of furan rings is 1. The van der Waals surface area contributed by atoms with E-state index in [-0.39, 0.29) is 22.3 Å². The van der Waals surface area contributed by atoms with Crippen molar-refractivity contribution >= 4 is 22.1 Å². The van der Waals surface area contributed by atoms with Gasteiger partial charge in [0.1, 0.15) is 5.58 Å². The minimum absolute atomic E-state index is 0.0201. The quantitative estimate of drug-likeness (QED) is 0.131. The van der Waals surface area contributed by atoms with Gasteiger partial charge in [0.2, 0.25) is 5.71 Å². The molecule has 0 aliphatic rings. The Morgan fingerprint density at radius 2 is 0.967 bits per heavy atom. The zero-order valence-electron chi connectivity index (χ0n) is 40.6. The Labute approximate surface area is 361 Å². The number of fused-ring (bicyclic) bond motifs is 3. The van der Waals surface area contributed by atoms with Crippen molar-refractivity contribution in [3.05, 3.63) is 216 Å². The molecule has 0 saturated heterocycles. The average molecular weight is 783 g/mol. The van der Waals surface area contributed by atoms with Crippen molar-refractivity contribution in [1.29, 1.82) is 0 Å². The van der Waals surface area contributed by atoms with Gasteiger partial charge in [0.25, 0.3) is 0 Å². The Balaban J connectivity index is 1.07. The van der Waals surface area contributed by atoms with Crippen molar-refractivity contribution in [3.63, 3.8) is 0 Å². The summed E-state index contributed by atoms with van der Waals surface area (Å²) >= 11 is 0. The van der Waals surface area contributed by atoms with Crippen LogP contribution in [0.1, 0.15) is 38.9 Å². The highest BCUT2D eigenvalue weighted by atomic mass is 16.3. The molecule has 0 atom stereocenters. The summed E-state index contributed by atoms with van der Waals surface area (Å²) in [6.45, 7) is 1.92. The van der Waals surface area contributed by atoms with Gasteiger partial charge >= 0.3 is 0 Å². The molecule has 0 radical (unpaired) electrons. The first-order chi connectivity index (χ1) is 32.6. The third-order valence-electron chi connectivity index (χ3n) is 10.4. The number of rotatable bonds is 11. The van der Waals surface area contributed by atoms with Gasteiger partial charge in [-0.3, -0.25) is 15.0 Å². The number of benzene rings is 5. The monoisotopic (exact) mass is 782 g/mol. The highest BCUT2D eigenvalue weighted by Crippen LogP contribution is 2.37. The summed E-state index contributed by atoms with van der Waals surface area (Å²) in [4.78, 5) is 18.5. The van der Waals surface area contributed by atoms with Crippen molar-refractivity contribution < 1.29 is 15.4 Å². The number of aryl methyl sites for hydroxylation is 5. The maximum Gasteiger partial charge on any atom is 0.227 e. The van der Waals surface area contributed by atoms with Gasteiger partial charge in [-0.15, -0.1) is 0 Å². The third kappa shape index (κ3) is 7.73. The molecule has 0 unspecified atom stereocenters. The molecular formula is C55H42N4O. The molecule has 5 aromatic carbocycles. The molecule has 5 heteroatoms. The molecule has 288 valence electrons. The van der Waals surface area contributed by atoms with Crippen LogP contribution in [0.3, 0.4) is 0 Å². The fourth-order valence-electron chi connectivity index (χ4n) is 7.38. The van der Waals surface area contributed by atoms with E-state index >= 15 is 0 Å². The molecule has 10 aromatic rings. The van der Waals surface area contributed by atoms with Crippen LogP contribution in [-0.4, -0.2) is 19.9 Å². The SMILES string of the molecule is [2H]C([2H])(c1ccc(-c2ccccc2)nc1)C([2H])([2H])c1cc(-c2ccccc2-c2ccc(-c3cccc4c3oc3nc(C)ccc34)nc2)cc(C([2H])([2H])C([2H])([2H])c2ccc(-c3ccccc3)nc2)c1. The van der Waals surface area contributed by atoms with E-state index in [9.17, 15) is 11.0 Å². The Kier molecular flexibility index (Phi) is 7.88. The fraction of sp³-hybridized carbons (Fsp3) is 0.0909. The third-order valence-corrected chi connectivity index (χ3v) is 10.4. The van der Waals surface area contributed by atoms with Gasteiger partial charge < -0.3 is 4.42 Å². The summed E-state index contributed by atoms with van der Waals surface area (Å²) in [6, 6.07) is 50.4. The van der Waals surface area contributed by atoms with Crippen molar-refractivity contribution in [3.8, 4) is 56.0 Å². The minimum Gasteiger partial charge on any atom is -0.437 e. The van der Waals surface area contributed by atoms with E-state index in [2.05, 4.69) is 15.0 Å². The minimum atomic E-state index is -2.79. The molecule has 5 nitrogen and oxygen atoms in total. The van der Waals surface area contributed by atoms with Crippen molar-refractivity contribution in [2.45, 2.75) is 32.4 Å². The molecule has 0 spiro atoms. The lowest BCUT2D eigenvalue weighted by atomic mass is 9.90. The first-order valence-corrected chi connectivity index (χ1v) is 19.7. The van der Waals surface area contributed by atoms with Gasteiger partial charge in [0.05, 0.1) is 17.1 Å². The number of para-hydroxylation sites is 1. The number of hydrogen-bond acceptors (Lipinski definition) is 5. The lowest BCUT2D eigenvalue weighted by Gasteiger charge is -2.15. The van der Waals surface area contributed by atoms with Crippen molar-refractivity contribution in [2.75, 3.05) is 0 Å². The molecule has 0 aliphatic heterocycles. The molecule has 0 amide bonds. The zero-order chi connectivity index (χ0) is 47.4. The largest absolute Gasteiger partial charge is 0.437 e. The Hall–Kier alpha value is -7.50. The number of pyridine rings is 4. The van der Waals surface area contributed by atoms with Crippen LogP contribution in [-0.2, 0) is 25.5 Å². The summed E-state index contributed by atoms with van der Waals surface area (Å²) in [5.41, 5.74) is 8.23. The second kappa shape index (κ2) is 16.4. The van der Waals surface area contributed by atoms with Gasteiger partial charge in [-0.2, -0.15) is 0 Å². The standard InChI is InChI=1S/C55H42N4O/c1-37-19-27-49-48-17-10-18-50(54(48)60-55(49)59-37)53-30-26-44(36-58-53)46-15-8-9-16-47(46)45-32-40(22-20-38-24-28-51(56-34-38)42-11-4-2-5-12-42)31-41(33-45)23-21-39-25-29-52(57-35-39)43-13-6-3-7-14-43/h2-19,24-36H,20-23H2,1H3/i20D2,21D2,22D2,23D2. The Morgan fingerprint density at radius 1 is 0.417 bits per heavy atom. The van der Waals surface area contributed by atoms with Crippen LogP contribution in [0.4, 0.5) is 0 Å². The summed E-state index contributed by atoms with van der Waals surface area (Å²) < 4.78 is 81.9. The van der Waals surface area contributed by atoms with E-state index in [1.807, 2.05) is 134 Å². The normalized spacial score (nSPS) is 14.3. The molecule has 5 aromatic heterocycles. The molecule has 0 bridgehead atoms. The zero-order valence-corrected chi connectivity index (χ0v) is 32.6. The lowest BCUT2D eigenvalue weighted by molar-refractivity contribution is 0.653. The molecular weight excluding hydrogens is 733 g/mol. The van der Waals surface area contributed by atoms with Crippen LogP contribution in [0, 0.1) is 6.92 Å². The van der Waals surface area contributed by atoms with Crippen molar-refractivity contribution in [1.82, 2.24) is 19.9 Å². The highest BCUT2D eigenvalue weighted by Gasteiger charge is 2.16. The Morgan fingerprint density at radius 3 is 1.55 bits per heavy atom. The van der Waals surface area contributed by atoms with Crippen LogP contribution >= 0.6 is 0 Å². The summed E-state index contributed by atoms with van der Waals surface area (Å²) in [6.07, 6.45) is -6.58. The highest BCUT2D eigenvalue weighted by molar-refractivity contribution is 6.08. The molecule has 0 N–H and O–H groups in total. The van der Waals surface area contributed by atoms with E-state index in [1.54, 1.807) is 18.3 Å². The summed E-state index contributed by atoms with van der Waals surface area (Å²) in [7, 11) is 0. The number of nitrogens with zero attached hydrogens (tertiary/aromatic N) is 4. The molecule has 0 fully saturated rings. The molecule has 0 saturated carbocycles. The van der Waals surface area contributed by atoms with Gasteiger partial charge in [-0.05, 0) is 108 Å². The number of aromatic nitrogens is 4. The van der Waals surface area contributed by atoms with Gasteiger partial charge in [-0.25, -0.2) is 4.98 Å². The topological polar surface area (TPSA) is 64.7 Å². The van der Waals surface area contributed by atoms with E-state index in [1.165, 1.54) is 42.7 Å². The Bertz CT molecular complexity index is 3330. The van der Waals surface area contributed by atoms with E-state index in [0.29, 0.717) is 50.6 Å². The van der Waals surface area contributed by atoms with Crippen LogP contribution in [0.25, 0.3) is 78.1 Å². The van der Waals surface area contributed by atoms with E-state index < -0.39 is 25.5 Å². The molecule has 10 rings (SSSR count). The summed E-state index contributed by atoms with van der Waals surface area (Å²) in [5, 5.41) is 1.83. The smallest absolute Gasteiger partial charge is 0.227 e. The molecule has 0 aliphatic carbocycles. The molecule has 60 heavy (non-hydrogen) atoms. The van der Waals surface area contributed by atoms with E-state index in [4.69, 9.17) is 9.40 Å². The first kappa shape index (κ1) is 28.8. The first-order valence-electron chi connectivity index (χ1n) is 23.7. The van der Waals surface area contributed by atoms with E-state index in [0.717, 1.165) is 33.2 Å². The predicted molar refractivity (Wildman–Crippen MR) is 245 cm³/mol. The lowest BCUT2D eigenvalue weighted by Crippen LogP contribution is -1.98. The van der Waals surface area contributed by atoms with Crippen LogP contribution in [0.5, 0.6) is 0 Å². The maximum absolute atomic E-state index is 9.55. The maximum atomic E-state index is 9.55. The second-order valence-electron chi connectivity index (χ2n) is 14.5. The predicted octanol–water partition coefficient (Wildman–Crippen LogP) is 13.4. The van der Waals surface area contributed by atoms with Gasteiger partial charge in [0, 0.05) is 68.3 Å². The van der Waals surface area contributed by atoms with Crippen molar-refractivity contribution in [2.24, 2.45) is 0 Å². The second-order valence-corrected chi connectivity index (χ2v) is 14.5. The van der Waals surface area contributed by atoms with Crippen LogP contribution in [0.15, 0.2) is 193 Å². The van der Waals surface area contributed by atoms with Gasteiger partial charge in [0.15, 0.2) is 0 Å². The summed E-state index contributed by atoms with van der Waals surface area (Å²) in [5.74, 6) is 0. The van der Waals surface area contributed by atoms with Crippen LogP contribution < -0.4 is 0 Å². The number of hydrogen-bond donors (Lipinski definition) is 0. The average Bonchev–Trinajstić information content (AvgIpc) is 3.74. The fourth-order valence-corrected chi connectivity index (χ4v) is 7.38. The van der Waals surface area contributed by atoms with Gasteiger partial charge in [-0.1, -0.05) is 133 Å². The van der Waals surface area contributed by atoms with Crippen LogP contribution in [0.2, 0.25) is 0 Å². The molecule has 5 heterocycles.